The van der Waals surface area contributed by atoms with E-state index in [0.717, 1.165) is 24.2 Å². The molecular formula is C15H22O2. The van der Waals surface area contributed by atoms with Crippen molar-refractivity contribution >= 4 is 5.78 Å². The van der Waals surface area contributed by atoms with Crippen LogP contribution in [-0.4, -0.2) is 12.9 Å². The zero-order valence-electron chi connectivity index (χ0n) is 10.9. The van der Waals surface area contributed by atoms with E-state index >= 15 is 0 Å². The number of hydrogen-bond acceptors (Lipinski definition) is 2. The molecule has 0 aromatic heterocycles. The number of carbonyl (C=O) groups is 1. The predicted octanol–water partition coefficient (Wildman–Crippen LogP) is 4.24. The molecular weight excluding hydrogens is 212 g/mol. The Balaban J connectivity index is 2.36. The predicted molar refractivity (Wildman–Crippen MR) is 70.7 cm³/mol. The van der Waals surface area contributed by atoms with Crippen LogP contribution in [-0.2, 0) is 0 Å². The van der Waals surface area contributed by atoms with Crippen LogP contribution in [0.15, 0.2) is 24.3 Å². The minimum Gasteiger partial charge on any atom is -0.497 e. The quantitative estimate of drug-likeness (QED) is 0.497. The van der Waals surface area contributed by atoms with Gasteiger partial charge in [0.15, 0.2) is 5.78 Å². The smallest absolute Gasteiger partial charge is 0.163 e. The van der Waals surface area contributed by atoms with Crippen LogP contribution in [0.5, 0.6) is 5.75 Å². The van der Waals surface area contributed by atoms with Gasteiger partial charge >= 0.3 is 0 Å². The first-order valence-electron chi connectivity index (χ1n) is 6.45. The van der Waals surface area contributed by atoms with E-state index in [2.05, 4.69) is 6.92 Å². The summed E-state index contributed by atoms with van der Waals surface area (Å²) in [6.45, 7) is 2.20. The number of Topliss-reactive ketones (excluding diaryl/α,β-unsaturated/α-hetero) is 1. The van der Waals surface area contributed by atoms with Crippen LogP contribution >= 0.6 is 0 Å². The fraction of sp³-hybridized carbons (Fsp3) is 0.533. The zero-order chi connectivity index (χ0) is 12.5. The molecule has 0 N–H and O–H groups in total. The molecule has 0 spiro atoms. The second kappa shape index (κ2) is 7.88. The molecule has 0 aliphatic heterocycles. The summed E-state index contributed by atoms with van der Waals surface area (Å²) in [6, 6.07) is 7.40. The van der Waals surface area contributed by atoms with E-state index in [4.69, 9.17) is 4.74 Å². The molecule has 0 aliphatic carbocycles. The molecule has 1 aromatic rings. The molecule has 17 heavy (non-hydrogen) atoms. The number of ketones is 1. The van der Waals surface area contributed by atoms with Gasteiger partial charge in [0.1, 0.15) is 5.75 Å². The van der Waals surface area contributed by atoms with Gasteiger partial charge in [-0.2, -0.15) is 0 Å². The molecule has 0 radical (unpaired) electrons. The molecule has 1 rings (SSSR count). The summed E-state index contributed by atoms with van der Waals surface area (Å²) in [7, 11) is 1.62. The standard InChI is InChI=1S/C15H22O2/c1-3-4-5-6-7-11-15(16)13-9-8-10-14(12-13)17-2/h8-10,12H,3-7,11H2,1-2H3. The maximum atomic E-state index is 11.9. The topological polar surface area (TPSA) is 26.3 Å². The number of unbranched alkanes of at least 4 members (excludes halogenated alkanes) is 4. The lowest BCUT2D eigenvalue weighted by atomic mass is 10.0. The summed E-state index contributed by atoms with van der Waals surface area (Å²) in [4.78, 5) is 11.9. The largest absolute Gasteiger partial charge is 0.497 e. The molecule has 2 nitrogen and oxygen atoms in total. The number of rotatable bonds is 8. The van der Waals surface area contributed by atoms with Gasteiger partial charge in [0.2, 0.25) is 0 Å². The second-order valence-corrected chi connectivity index (χ2v) is 4.32. The molecule has 94 valence electrons. The molecule has 0 bridgehead atoms. The number of hydrogen-bond donors (Lipinski definition) is 0. The van der Waals surface area contributed by atoms with E-state index in [1.807, 2.05) is 24.3 Å². The lowest BCUT2D eigenvalue weighted by molar-refractivity contribution is 0.0979. The van der Waals surface area contributed by atoms with Gasteiger partial charge in [-0.05, 0) is 18.6 Å². The highest BCUT2D eigenvalue weighted by molar-refractivity contribution is 5.96. The average Bonchev–Trinajstić information content (AvgIpc) is 2.38. The van der Waals surface area contributed by atoms with Gasteiger partial charge in [0, 0.05) is 12.0 Å². The molecule has 0 fully saturated rings. The summed E-state index contributed by atoms with van der Waals surface area (Å²) in [5, 5.41) is 0. The normalized spacial score (nSPS) is 10.2. The summed E-state index contributed by atoms with van der Waals surface area (Å²) in [6.07, 6.45) is 6.55. The molecule has 0 amide bonds. The van der Waals surface area contributed by atoms with Gasteiger partial charge in [-0.25, -0.2) is 0 Å². The molecule has 1 aromatic carbocycles. The molecule has 0 saturated heterocycles. The Bertz CT molecular complexity index is 345. The fourth-order valence-electron chi connectivity index (χ4n) is 1.83. The molecule has 0 atom stereocenters. The van der Waals surface area contributed by atoms with Crippen LogP contribution in [0.2, 0.25) is 0 Å². The van der Waals surface area contributed by atoms with Crippen molar-refractivity contribution in [2.45, 2.75) is 45.4 Å². The van der Waals surface area contributed by atoms with Gasteiger partial charge < -0.3 is 4.74 Å². The second-order valence-electron chi connectivity index (χ2n) is 4.32. The number of ether oxygens (including phenoxy) is 1. The zero-order valence-corrected chi connectivity index (χ0v) is 10.9. The van der Waals surface area contributed by atoms with Gasteiger partial charge in [-0.15, -0.1) is 0 Å². The average molecular weight is 234 g/mol. The van der Waals surface area contributed by atoms with E-state index < -0.39 is 0 Å². The summed E-state index contributed by atoms with van der Waals surface area (Å²) >= 11 is 0. The SMILES string of the molecule is CCCCCCCC(=O)c1cccc(OC)c1. The van der Waals surface area contributed by atoms with Gasteiger partial charge in [-0.3, -0.25) is 4.79 Å². The molecule has 0 saturated carbocycles. The third-order valence-corrected chi connectivity index (χ3v) is 2.90. The Labute approximate surface area is 104 Å². The van der Waals surface area contributed by atoms with Crippen LogP contribution in [0.25, 0.3) is 0 Å². The van der Waals surface area contributed by atoms with Crippen molar-refractivity contribution in [3.8, 4) is 5.75 Å². The lowest BCUT2D eigenvalue weighted by Crippen LogP contribution is -1.99. The van der Waals surface area contributed by atoms with Crippen LogP contribution in [0, 0.1) is 0 Å². The van der Waals surface area contributed by atoms with Crippen LogP contribution in [0.1, 0.15) is 55.8 Å². The third kappa shape index (κ3) is 5.03. The van der Waals surface area contributed by atoms with Crippen LogP contribution in [0.4, 0.5) is 0 Å². The van der Waals surface area contributed by atoms with E-state index in [1.165, 1.54) is 19.3 Å². The first kappa shape index (κ1) is 13.8. The molecule has 0 heterocycles. The lowest BCUT2D eigenvalue weighted by Gasteiger charge is -2.04. The summed E-state index contributed by atoms with van der Waals surface area (Å²) in [5.74, 6) is 0.974. The van der Waals surface area contributed by atoms with Crippen molar-refractivity contribution in [1.82, 2.24) is 0 Å². The summed E-state index contributed by atoms with van der Waals surface area (Å²) < 4.78 is 5.11. The monoisotopic (exact) mass is 234 g/mol. The van der Waals surface area contributed by atoms with Crippen LogP contribution in [0.3, 0.4) is 0 Å². The van der Waals surface area contributed by atoms with Crippen molar-refractivity contribution < 1.29 is 9.53 Å². The Kier molecular flexibility index (Phi) is 6.38. The highest BCUT2D eigenvalue weighted by Crippen LogP contribution is 2.15. The van der Waals surface area contributed by atoms with Crippen molar-refractivity contribution in [2.24, 2.45) is 0 Å². The molecule has 0 unspecified atom stereocenters. The van der Waals surface area contributed by atoms with Crippen LogP contribution < -0.4 is 4.74 Å². The maximum absolute atomic E-state index is 11.9. The molecule has 0 aliphatic rings. The Morgan fingerprint density at radius 1 is 1.18 bits per heavy atom. The van der Waals surface area contributed by atoms with Crippen molar-refractivity contribution in [1.29, 1.82) is 0 Å². The molecule has 2 heteroatoms. The van der Waals surface area contributed by atoms with E-state index in [9.17, 15) is 4.79 Å². The van der Waals surface area contributed by atoms with E-state index in [-0.39, 0.29) is 5.78 Å². The Morgan fingerprint density at radius 3 is 2.65 bits per heavy atom. The Hall–Kier alpha value is -1.31. The number of benzene rings is 1. The minimum absolute atomic E-state index is 0.223. The van der Waals surface area contributed by atoms with Gasteiger partial charge in [0.05, 0.1) is 7.11 Å². The first-order valence-corrected chi connectivity index (χ1v) is 6.45. The van der Waals surface area contributed by atoms with Crippen molar-refractivity contribution in [3.63, 3.8) is 0 Å². The minimum atomic E-state index is 0.223. The van der Waals surface area contributed by atoms with Crippen molar-refractivity contribution in [2.75, 3.05) is 7.11 Å². The highest BCUT2D eigenvalue weighted by atomic mass is 16.5. The summed E-state index contributed by atoms with van der Waals surface area (Å²) in [5.41, 5.74) is 0.764. The maximum Gasteiger partial charge on any atom is 0.163 e. The third-order valence-electron chi connectivity index (χ3n) is 2.90. The number of carbonyl (C=O) groups excluding carboxylic acids is 1. The van der Waals surface area contributed by atoms with Gasteiger partial charge in [0.25, 0.3) is 0 Å². The fourth-order valence-corrected chi connectivity index (χ4v) is 1.83. The Morgan fingerprint density at radius 2 is 1.94 bits per heavy atom. The number of methoxy groups -OCH3 is 1. The van der Waals surface area contributed by atoms with Crippen molar-refractivity contribution in [3.05, 3.63) is 29.8 Å². The van der Waals surface area contributed by atoms with E-state index in [1.54, 1.807) is 7.11 Å². The van der Waals surface area contributed by atoms with Gasteiger partial charge in [-0.1, -0.05) is 44.7 Å². The highest BCUT2D eigenvalue weighted by Gasteiger charge is 2.06. The first-order chi connectivity index (χ1) is 8.27. The van der Waals surface area contributed by atoms with E-state index in [0.29, 0.717) is 6.42 Å².